The Hall–Kier alpha value is -1.73. The average Bonchev–Trinajstić information content (AvgIpc) is 3.04. The van der Waals surface area contributed by atoms with Crippen molar-refractivity contribution in [1.29, 1.82) is 0 Å². The summed E-state index contributed by atoms with van der Waals surface area (Å²) in [6.07, 6.45) is 0. The monoisotopic (exact) mass is 291 g/mol. The van der Waals surface area contributed by atoms with E-state index in [0.29, 0.717) is 12.5 Å². The van der Waals surface area contributed by atoms with Crippen molar-refractivity contribution in [3.05, 3.63) is 27.5 Å². The summed E-state index contributed by atoms with van der Waals surface area (Å²) in [6, 6.07) is 2.04. The van der Waals surface area contributed by atoms with E-state index in [9.17, 15) is 0 Å². The van der Waals surface area contributed by atoms with Gasteiger partial charge >= 0.3 is 0 Å². The molecule has 5 nitrogen and oxygen atoms in total. The van der Waals surface area contributed by atoms with Gasteiger partial charge in [0.05, 0.1) is 22.6 Å². The zero-order chi connectivity index (χ0) is 13.2. The minimum Gasteiger partial charge on any atom is -0.364 e. The Bertz CT molecular complexity index is 703. The summed E-state index contributed by atoms with van der Waals surface area (Å²) >= 11 is 3.27. The first kappa shape index (κ1) is 12.3. The van der Waals surface area contributed by atoms with Gasteiger partial charge in [0, 0.05) is 12.4 Å². The number of fused-ring (bicyclic) bond motifs is 1. The molecule has 3 rings (SSSR count). The third-order valence-electron chi connectivity index (χ3n) is 2.65. The summed E-state index contributed by atoms with van der Waals surface area (Å²) in [6.45, 7) is 2.69. The molecule has 0 fully saturated rings. The lowest BCUT2D eigenvalue weighted by Gasteiger charge is -2.07. The third kappa shape index (κ3) is 2.52. The Morgan fingerprint density at radius 2 is 2.11 bits per heavy atom. The molecule has 0 aliphatic rings. The van der Waals surface area contributed by atoms with Crippen molar-refractivity contribution in [3.8, 4) is 0 Å². The molecule has 0 saturated carbocycles. The van der Waals surface area contributed by atoms with Gasteiger partial charge in [0.1, 0.15) is 10.6 Å². The Kier molecular flexibility index (Phi) is 3.31. The minimum absolute atomic E-state index is 0.631. The number of hydrogen-bond acceptors (Lipinski definition) is 7. The maximum Gasteiger partial charge on any atom is 0.225 e. The van der Waals surface area contributed by atoms with Crippen molar-refractivity contribution in [2.24, 2.45) is 0 Å². The van der Waals surface area contributed by atoms with E-state index in [1.807, 2.05) is 25.4 Å². The van der Waals surface area contributed by atoms with E-state index in [1.54, 1.807) is 22.7 Å². The summed E-state index contributed by atoms with van der Waals surface area (Å²) in [5, 5.41) is 12.5. The van der Waals surface area contributed by atoms with Crippen molar-refractivity contribution >= 4 is 44.7 Å². The van der Waals surface area contributed by atoms with Crippen LogP contribution in [0.4, 0.5) is 11.8 Å². The van der Waals surface area contributed by atoms with Crippen LogP contribution in [-0.2, 0) is 6.54 Å². The topological polar surface area (TPSA) is 62.7 Å². The van der Waals surface area contributed by atoms with Crippen LogP contribution in [0.5, 0.6) is 0 Å². The molecule has 3 aromatic heterocycles. The Morgan fingerprint density at radius 1 is 1.21 bits per heavy atom. The van der Waals surface area contributed by atoms with Gasteiger partial charge in [0.2, 0.25) is 5.95 Å². The van der Waals surface area contributed by atoms with Crippen LogP contribution in [0.15, 0.2) is 16.8 Å². The Labute approximate surface area is 118 Å². The van der Waals surface area contributed by atoms with Gasteiger partial charge in [-0.2, -0.15) is 4.98 Å². The summed E-state index contributed by atoms with van der Waals surface area (Å²) in [4.78, 5) is 14.3. The molecule has 19 heavy (non-hydrogen) atoms. The van der Waals surface area contributed by atoms with Gasteiger partial charge < -0.3 is 10.6 Å². The molecular weight excluding hydrogens is 278 g/mol. The van der Waals surface area contributed by atoms with E-state index < -0.39 is 0 Å². The van der Waals surface area contributed by atoms with Gasteiger partial charge in [-0.1, -0.05) is 0 Å². The number of aryl methyl sites for hydroxylation is 1. The molecule has 3 aromatic rings. The second-order valence-corrected chi connectivity index (χ2v) is 5.95. The predicted molar refractivity (Wildman–Crippen MR) is 81.1 cm³/mol. The normalized spacial score (nSPS) is 10.8. The van der Waals surface area contributed by atoms with Crippen LogP contribution >= 0.6 is 22.7 Å². The summed E-state index contributed by atoms with van der Waals surface area (Å²) in [7, 11) is 1.82. The minimum atomic E-state index is 0.631. The lowest BCUT2D eigenvalue weighted by Crippen LogP contribution is -2.05. The zero-order valence-corrected chi connectivity index (χ0v) is 12.2. The van der Waals surface area contributed by atoms with E-state index in [4.69, 9.17) is 0 Å². The molecule has 0 atom stereocenters. The molecule has 0 spiro atoms. The quantitative estimate of drug-likeness (QED) is 0.773. The molecule has 0 aromatic carbocycles. The molecule has 0 aliphatic carbocycles. The lowest BCUT2D eigenvalue weighted by molar-refractivity contribution is 1.04. The van der Waals surface area contributed by atoms with Crippen LogP contribution < -0.4 is 10.6 Å². The van der Waals surface area contributed by atoms with Gasteiger partial charge in [-0.15, -0.1) is 22.7 Å². The first-order valence-electron chi connectivity index (χ1n) is 5.84. The largest absolute Gasteiger partial charge is 0.364 e. The number of rotatable bonds is 4. The van der Waals surface area contributed by atoms with E-state index in [0.717, 1.165) is 26.7 Å². The van der Waals surface area contributed by atoms with E-state index in [2.05, 4.69) is 31.0 Å². The summed E-state index contributed by atoms with van der Waals surface area (Å²) in [5.41, 5.74) is 1.04. The molecule has 0 unspecified atom stereocenters. The maximum atomic E-state index is 4.46. The fourth-order valence-electron chi connectivity index (χ4n) is 1.77. The number of thiophene rings is 1. The van der Waals surface area contributed by atoms with Crippen LogP contribution in [0.1, 0.15) is 10.7 Å². The fourth-order valence-corrected chi connectivity index (χ4v) is 3.14. The highest BCUT2D eigenvalue weighted by molar-refractivity contribution is 7.16. The summed E-state index contributed by atoms with van der Waals surface area (Å²) < 4.78 is 0. The molecule has 98 valence electrons. The van der Waals surface area contributed by atoms with Crippen molar-refractivity contribution in [2.75, 3.05) is 17.7 Å². The van der Waals surface area contributed by atoms with Gasteiger partial charge in [0.25, 0.3) is 0 Å². The number of nitrogens with one attached hydrogen (secondary N) is 2. The van der Waals surface area contributed by atoms with Gasteiger partial charge in [0.15, 0.2) is 0 Å². The number of nitrogens with zero attached hydrogens (tertiary/aromatic N) is 3. The molecule has 0 bridgehead atoms. The highest BCUT2D eigenvalue weighted by Gasteiger charge is 2.08. The predicted octanol–water partition coefficient (Wildman–Crippen LogP) is 3.11. The van der Waals surface area contributed by atoms with Gasteiger partial charge in [-0.25, -0.2) is 9.97 Å². The van der Waals surface area contributed by atoms with E-state index in [1.165, 1.54) is 0 Å². The second-order valence-electron chi connectivity index (χ2n) is 4.00. The SMILES string of the molecule is CNc1nc(NCc2csc(C)n2)c2ccsc2n1. The van der Waals surface area contributed by atoms with Gasteiger partial charge in [-0.3, -0.25) is 0 Å². The number of aromatic nitrogens is 3. The van der Waals surface area contributed by atoms with Crippen LogP contribution in [-0.4, -0.2) is 22.0 Å². The van der Waals surface area contributed by atoms with Crippen LogP contribution in [0, 0.1) is 6.92 Å². The first-order chi connectivity index (χ1) is 9.26. The van der Waals surface area contributed by atoms with Crippen LogP contribution in [0.2, 0.25) is 0 Å². The van der Waals surface area contributed by atoms with Crippen molar-refractivity contribution < 1.29 is 0 Å². The maximum absolute atomic E-state index is 4.46. The molecular formula is C12H13N5S2. The standard InChI is InChI=1S/C12H13N5S2/c1-7-15-8(6-19-7)5-14-10-9-3-4-18-11(9)17-12(13-2)16-10/h3-4,6H,5H2,1-2H3,(H2,13,14,16,17). The van der Waals surface area contributed by atoms with Crippen molar-refractivity contribution in [1.82, 2.24) is 15.0 Å². The molecule has 2 N–H and O–H groups in total. The number of anilines is 2. The molecule has 0 aliphatic heterocycles. The van der Waals surface area contributed by atoms with Crippen LogP contribution in [0.25, 0.3) is 10.2 Å². The molecule has 0 saturated heterocycles. The van der Waals surface area contributed by atoms with Crippen molar-refractivity contribution in [3.63, 3.8) is 0 Å². The highest BCUT2D eigenvalue weighted by atomic mass is 32.1. The van der Waals surface area contributed by atoms with E-state index >= 15 is 0 Å². The first-order valence-corrected chi connectivity index (χ1v) is 7.60. The molecule has 0 radical (unpaired) electrons. The number of hydrogen-bond donors (Lipinski definition) is 2. The van der Waals surface area contributed by atoms with Gasteiger partial charge in [-0.05, 0) is 18.4 Å². The lowest BCUT2D eigenvalue weighted by atomic mass is 10.3. The zero-order valence-electron chi connectivity index (χ0n) is 10.6. The molecule has 7 heteroatoms. The molecule has 3 heterocycles. The average molecular weight is 291 g/mol. The molecule has 0 amide bonds. The van der Waals surface area contributed by atoms with Crippen LogP contribution in [0.3, 0.4) is 0 Å². The third-order valence-corrected chi connectivity index (χ3v) is 4.28. The highest BCUT2D eigenvalue weighted by Crippen LogP contribution is 2.26. The second kappa shape index (κ2) is 5.10. The van der Waals surface area contributed by atoms with Crippen molar-refractivity contribution in [2.45, 2.75) is 13.5 Å². The number of thiazole rings is 1. The smallest absolute Gasteiger partial charge is 0.225 e. The Balaban J connectivity index is 1.88. The Morgan fingerprint density at radius 3 is 2.84 bits per heavy atom. The summed E-state index contributed by atoms with van der Waals surface area (Å²) in [5.74, 6) is 1.48. The van der Waals surface area contributed by atoms with E-state index in [-0.39, 0.29) is 0 Å². The fraction of sp³-hybridized carbons (Fsp3) is 0.250.